The molecule has 0 spiro atoms. The SMILES string of the molecule is CC(C)(C)OC(=O)CN1CCN(CC(=O)N2CCCCCC2)CC1. The first-order valence-corrected chi connectivity index (χ1v) is 9.28. The van der Waals surface area contributed by atoms with Crippen molar-refractivity contribution in [2.45, 2.75) is 52.1 Å². The molecule has 6 heteroatoms. The van der Waals surface area contributed by atoms with Crippen molar-refractivity contribution < 1.29 is 14.3 Å². The average molecular weight is 339 g/mol. The van der Waals surface area contributed by atoms with Crippen LogP contribution in [0.4, 0.5) is 0 Å². The Hall–Kier alpha value is -1.14. The molecule has 6 nitrogen and oxygen atoms in total. The van der Waals surface area contributed by atoms with E-state index in [1.807, 2.05) is 25.7 Å². The minimum Gasteiger partial charge on any atom is -0.459 e. The molecule has 2 fully saturated rings. The molecule has 0 radical (unpaired) electrons. The summed E-state index contributed by atoms with van der Waals surface area (Å²) in [6.07, 6.45) is 4.76. The van der Waals surface area contributed by atoms with Crippen molar-refractivity contribution in [2.24, 2.45) is 0 Å². The summed E-state index contributed by atoms with van der Waals surface area (Å²) in [6, 6.07) is 0. The van der Waals surface area contributed by atoms with Gasteiger partial charge < -0.3 is 9.64 Å². The van der Waals surface area contributed by atoms with Crippen LogP contribution in [0.15, 0.2) is 0 Å². The predicted molar refractivity (Wildman–Crippen MR) is 93.8 cm³/mol. The third-order valence-electron chi connectivity index (χ3n) is 4.56. The Balaban J connectivity index is 1.68. The molecule has 0 aliphatic carbocycles. The Morgan fingerprint density at radius 1 is 0.792 bits per heavy atom. The molecule has 0 aromatic rings. The Morgan fingerprint density at radius 3 is 1.79 bits per heavy atom. The summed E-state index contributed by atoms with van der Waals surface area (Å²) in [6.45, 7) is 11.6. The molecule has 0 atom stereocenters. The quantitative estimate of drug-likeness (QED) is 0.724. The second-order valence-corrected chi connectivity index (χ2v) is 7.93. The Labute approximate surface area is 146 Å². The summed E-state index contributed by atoms with van der Waals surface area (Å²) < 4.78 is 5.37. The molecule has 2 rings (SSSR count). The maximum atomic E-state index is 12.4. The van der Waals surface area contributed by atoms with Gasteiger partial charge in [-0.3, -0.25) is 19.4 Å². The zero-order chi connectivity index (χ0) is 17.6. The van der Waals surface area contributed by atoms with E-state index in [1.54, 1.807) is 0 Å². The fraction of sp³-hybridized carbons (Fsp3) is 0.889. The van der Waals surface area contributed by atoms with E-state index in [0.29, 0.717) is 13.1 Å². The van der Waals surface area contributed by atoms with Gasteiger partial charge in [-0.1, -0.05) is 12.8 Å². The van der Waals surface area contributed by atoms with Crippen LogP contribution in [0.1, 0.15) is 46.5 Å². The van der Waals surface area contributed by atoms with Crippen molar-refractivity contribution in [1.82, 2.24) is 14.7 Å². The van der Waals surface area contributed by atoms with Crippen molar-refractivity contribution in [1.29, 1.82) is 0 Å². The smallest absolute Gasteiger partial charge is 0.320 e. The lowest BCUT2D eigenvalue weighted by Gasteiger charge is -2.35. The summed E-state index contributed by atoms with van der Waals surface area (Å²) in [4.78, 5) is 30.7. The van der Waals surface area contributed by atoms with Crippen molar-refractivity contribution >= 4 is 11.9 Å². The predicted octanol–water partition coefficient (Wildman–Crippen LogP) is 1.35. The number of ether oxygens (including phenoxy) is 1. The van der Waals surface area contributed by atoms with Gasteiger partial charge in [-0.15, -0.1) is 0 Å². The number of piperazine rings is 1. The standard InChI is InChI=1S/C18H33N3O3/c1-18(2,3)24-17(23)15-20-12-10-19(11-13-20)14-16(22)21-8-6-4-5-7-9-21/h4-15H2,1-3H3. The first kappa shape index (κ1) is 19.2. The highest BCUT2D eigenvalue weighted by Crippen LogP contribution is 2.11. The Morgan fingerprint density at radius 2 is 1.29 bits per heavy atom. The van der Waals surface area contributed by atoms with Gasteiger partial charge in [-0.05, 0) is 33.6 Å². The second-order valence-electron chi connectivity index (χ2n) is 7.93. The molecule has 24 heavy (non-hydrogen) atoms. The van der Waals surface area contributed by atoms with E-state index in [0.717, 1.165) is 52.1 Å². The number of hydrogen-bond donors (Lipinski definition) is 0. The first-order chi connectivity index (χ1) is 11.3. The molecule has 2 aliphatic rings. The molecule has 2 saturated heterocycles. The monoisotopic (exact) mass is 339 g/mol. The number of hydrogen-bond acceptors (Lipinski definition) is 5. The number of likely N-dealkylation sites (tertiary alicyclic amines) is 1. The summed E-state index contributed by atoms with van der Waals surface area (Å²) in [5.74, 6) is 0.0917. The van der Waals surface area contributed by atoms with Gasteiger partial charge in [0.1, 0.15) is 5.60 Å². The van der Waals surface area contributed by atoms with E-state index >= 15 is 0 Å². The normalized spacial score (nSPS) is 21.4. The number of carbonyl (C=O) groups excluding carboxylic acids is 2. The van der Waals surface area contributed by atoms with Gasteiger partial charge in [-0.25, -0.2) is 0 Å². The maximum Gasteiger partial charge on any atom is 0.320 e. The van der Waals surface area contributed by atoms with E-state index in [-0.39, 0.29) is 11.9 Å². The van der Waals surface area contributed by atoms with Crippen LogP contribution in [0.2, 0.25) is 0 Å². The van der Waals surface area contributed by atoms with Crippen LogP contribution < -0.4 is 0 Å². The van der Waals surface area contributed by atoms with Crippen molar-refractivity contribution in [2.75, 3.05) is 52.4 Å². The molecule has 0 saturated carbocycles. The highest BCUT2D eigenvalue weighted by Gasteiger charge is 2.24. The maximum absolute atomic E-state index is 12.4. The molecule has 0 unspecified atom stereocenters. The van der Waals surface area contributed by atoms with Crippen LogP contribution in [-0.4, -0.2) is 84.5 Å². The second kappa shape index (κ2) is 8.81. The van der Waals surface area contributed by atoms with Crippen LogP contribution in [0.3, 0.4) is 0 Å². The molecule has 0 bridgehead atoms. The van der Waals surface area contributed by atoms with Gasteiger partial charge in [-0.2, -0.15) is 0 Å². The fourth-order valence-corrected chi connectivity index (χ4v) is 3.27. The minimum atomic E-state index is -0.432. The topological polar surface area (TPSA) is 53.1 Å². The third kappa shape index (κ3) is 6.77. The lowest BCUT2D eigenvalue weighted by Crippen LogP contribution is -2.51. The van der Waals surface area contributed by atoms with Crippen LogP contribution in [0, 0.1) is 0 Å². The van der Waals surface area contributed by atoms with Gasteiger partial charge in [0.05, 0.1) is 13.1 Å². The van der Waals surface area contributed by atoms with Gasteiger partial charge in [0.2, 0.25) is 5.91 Å². The number of carbonyl (C=O) groups is 2. The number of amides is 1. The average Bonchev–Trinajstić information content (AvgIpc) is 2.76. The van der Waals surface area contributed by atoms with E-state index in [1.165, 1.54) is 12.8 Å². The molecule has 138 valence electrons. The number of rotatable bonds is 4. The van der Waals surface area contributed by atoms with Crippen LogP contribution >= 0.6 is 0 Å². The lowest BCUT2D eigenvalue weighted by atomic mass is 10.2. The fourth-order valence-electron chi connectivity index (χ4n) is 3.27. The van der Waals surface area contributed by atoms with E-state index in [4.69, 9.17) is 4.74 Å². The number of esters is 1. The Kier molecular flexibility index (Phi) is 7.04. The molecule has 1 amide bonds. The third-order valence-corrected chi connectivity index (χ3v) is 4.56. The number of nitrogens with zero attached hydrogens (tertiary/aromatic N) is 3. The largest absolute Gasteiger partial charge is 0.459 e. The van der Waals surface area contributed by atoms with Crippen molar-refractivity contribution in [3.05, 3.63) is 0 Å². The molecular formula is C18H33N3O3. The molecule has 0 aromatic heterocycles. The van der Waals surface area contributed by atoms with Crippen LogP contribution in [-0.2, 0) is 14.3 Å². The minimum absolute atomic E-state index is 0.170. The van der Waals surface area contributed by atoms with Crippen LogP contribution in [0.25, 0.3) is 0 Å². The first-order valence-electron chi connectivity index (χ1n) is 9.28. The van der Waals surface area contributed by atoms with Crippen LogP contribution in [0.5, 0.6) is 0 Å². The van der Waals surface area contributed by atoms with Crippen molar-refractivity contribution in [3.8, 4) is 0 Å². The zero-order valence-corrected chi connectivity index (χ0v) is 15.6. The van der Waals surface area contributed by atoms with Gasteiger partial charge in [0.25, 0.3) is 0 Å². The van der Waals surface area contributed by atoms with Gasteiger partial charge >= 0.3 is 5.97 Å². The molecule has 0 N–H and O–H groups in total. The van der Waals surface area contributed by atoms with Crippen molar-refractivity contribution in [3.63, 3.8) is 0 Å². The molecule has 2 heterocycles. The zero-order valence-electron chi connectivity index (χ0n) is 15.6. The summed E-state index contributed by atoms with van der Waals surface area (Å²) >= 11 is 0. The highest BCUT2D eigenvalue weighted by molar-refractivity contribution is 5.78. The molecule has 2 aliphatic heterocycles. The molecule has 0 aromatic carbocycles. The summed E-state index contributed by atoms with van der Waals surface area (Å²) in [5, 5.41) is 0. The Bertz CT molecular complexity index is 418. The van der Waals surface area contributed by atoms with E-state index in [2.05, 4.69) is 9.80 Å². The van der Waals surface area contributed by atoms with E-state index < -0.39 is 5.60 Å². The highest BCUT2D eigenvalue weighted by atomic mass is 16.6. The molecular weight excluding hydrogens is 306 g/mol. The van der Waals surface area contributed by atoms with Gasteiger partial charge in [0, 0.05) is 39.3 Å². The summed E-state index contributed by atoms with van der Waals surface area (Å²) in [5.41, 5.74) is -0.432. The van der Waals surface area contributed by atoms with E-state index in [9.17, 15) is 9.59 Å². The van der Waals surface area contributed by atoms with Gasteiger partial charge in [0.15, 0.2) is 0 Å². The lowest BCUT2D eigenvalue weighted by molar-refractivity contribution is -0.156. The summed E-state index contributed by atoms with van der Waals surface area (Å²) in [7, 11) is 0.